The van der Waals surface area contributed by atoms with E-state index in [2.05, 4.69) is 36.4 Å². The van der Waals surface area contributed by atoms with Crippen molar-refractivity contribution in [3.8, 4) is 11.5 Å². The van der Waals surface area contributed by atoms with Crippen LogP contribution in [0.3, 0.4) is 0 Å². The van der Waals surface area contributed by atoms with Gasteiger partial charge in [0.05, 0.1) is 34.6 Å². The molecule has 0 aliphatic carbocycles. The third kappa shape index (κ3) is 6.15. The molecule has 0 unspecified atom stereocenters. The molecule has 0 fully saturated rings. The van der Waals surface area contributed by atoms with E-state index >= 15 is 0 Å². The fourth-order valence-electron chi connectivity index (χ4n) is 3.03. The summed E-state index contributed by atoms with van der Waals surface area (Å²) < 4.78 is 12.1. The number of carbonyl (C=O) groups is 1. The van der Waals surface area contributed by atoms with Gasteiger partial charge in [0.15, 0.2) is 16.7 Å². The fraction of sp³-hybridized carbons (Fsp3) is 0.125. The smallest absolute Gasteiger partial charge is 0.250 e. The number of amides is 1. The van der Waals surface area contributed by atoms with E-state index in [0.717, 1.165) is 26.6 Å². The molecule has 9 heteroatoms. The lowest BCUT2D eigenvalue weighted by Gasteiger charge is -2.13. The summed E-state index contributed by atoms with van der Waals surface area (Å²) in [5, 5.41) is 4.74. The highest BCUT2D eigenvalue weighted by Crippen LogP contribution is 2.36. The number of carbonyl (C=O) groups excluding carboxylic acids is 1. The summed E-state index contributed by atoms with van der Waals surface area (Å²) in [7, 11) is 1.58. The molecule has 1 amide bonds. The van der Waals surface area contributed by atoms with Crippen LogP contribution in [0.4, 0.5) is 0 Å². The minimum absolute atomic E-state index is 0.191. The summed E-state index contributed by atoms with van der Waals surface area (Å²) in [5.74, 6) is 1.13. The number of rotatable bonds is 9. The Balaban J connectivity index is 1.33. The zero-order valence-electron chi connectivity index (χ0n) is 17.7. The van der Waals surface area contributed by atoms with Gasteiger partial charge in [-0.2, -0.15) is 5.10 Å². The Morgan fingerprint density at radius 3 is 2.76 bits per heavy atom. The van der Waals surface area contributed by atoms with Crippen LogP contribution in [0.2, 0.25) is 0 Å². The topological polar surface area (TPSA) is 88.6 Å². The van der Waals surface area contributed by atoms with E-state index in [0.29, 0.717) is 23.3 Å². The van der Waals surface area contributed by atoms with Crippen LogP contribution in [-0.4, -0.2) is 35.0 Å². The van der Waals surface area contributed by atoms with Gasteiger partial charge < -0.3 is 14.5 Å². The van der Waals surface area contributed by atoms with E-state index in [1.165, 1.54) is 11.8 Å². The monoisotopic (exact) mass is 524 g/mol. The van der Waals surface area contributed by atoms with Crippen molar-refractivity contribution in [3.05, 3.63) is 82.3 Å². The number of aromatic nitrogens is 2. The molecule has 0 radical (unpaired) electrons. The SMILES string of the molecule is COc1cc(/C=N\NC(=O)CSc2nc3ccccc3[nH]2)cc(Br)c1OCc1ccccc1. The highest BCUT2D eigenvalue weighted by atomic mass is 79.9. The van der Waals surface area contributed by atoms with Gasteiger partial charge in [-0.05, 0) is 51.3 Å². The number of ether oxygens (including phenoxy) is 2. The number of benzene rings is 3. The fourth-order valence-corrected chi connectivity index (χ4v) is 4.28. The average Bonchev–Trinajstić information content (AvgIpc) is 3.25. The van der Waals surface area contributed by atoms with Crippen LogP contribution < -0.4 is 14.9 Å². The quantitative estimate of drug-likeness (QED) is 0.179. The summed E-state index contributed by atoms with van der Waals surface area (Å²) in [5.41, 5.74) is 6.14. The number of hydrogen-bond acceptors (Lipinski definition) is 6. The second-order valence-corrected chi connectivity index (χ2v) is 8.77. The number of hydrazone groups is 1. The van der Waals surface area contributed by atoms with Gasteiger partial charge in [-0.1, -0.05) is 54.2 Å². The average molecular weight is 525 g/mol. The molecule has 0 atom stereocenters. The molecule has 7 nitrogen and oxygen atoms in total. The molecular weight excluding hydrogens is 504 g/mol. The third-order valence-electron chi connectivity index (χ3n) is 4.59. The van der Waals surface area contributed by atoms with E-state index < -0.39 is 0 Å². The van der Waals surface area contributed by atoms with Crippen LogP contribution in [0.25, 0.3) is 11.0 Å². The number of para-hydroxylation sites is 2. The Kier molecular flexibility index (Phi) is 7.64. The van der Waals surface area contributed by atoms with Crippen molar-refractivity contribution in [2.24, 2.45) is 5.10 Å². The van der Waals surface area contributed by atoms with Gasteiger partial charge in [-0.15, -0.1) is 0 Å². The third-order valence-corrected chi connectivity index (χ3v) is 6.05. The molecule has 0 saturated heterocycles. The maximum Gasteiger partial charge on any atom is 0.250 e. The van der Waals surface area contributed by atoms with Crippen molar-refractivity contribution in [1.82, 2.24) is 15.4 Å². The molecule has 0 aliphatic rings. The first-order valence-electron chi connectivity index (χ1n) is 10.1. The largest absolute Gasteiger partial charge is 0.493 e. The molecule has 1 heterocycles. The number of halogens is 1. The molecule has 4 rings (SSSR count). The lowest BCUT2D eigenvalue weighted by Crippen LogP contribution is -2.19. The number of methoxy groups -OCH3 is 1. The summed E-state index contributed by atoms with van der Waals surface area (Å²) in [4.78, 5) is 19.8. The standard InChI is InChI=1S/C24H21BrN4O3S/c1-31-21-12-17(11-18(25)23(21)32-14-16-7-3-2-4-8-16)13-26-29-22(30)15-33-24-27-19-9-5-6-10-20(19)28-24/h2-13H,14-15H2,1H3,(H,27,28)(H,29,30)/b26-13-. The van der Waals surface area contributed by atoms with E-state index in [1.807, 2.05) is 60.7 Å². The van der Waals surface area contributed by atoms with Crippen LogP contribution >= 0.6 is 27.7 Å². The number of imidazole rings is 1. The molecule has 3 aromatic carbocycles. The summed E-state index contributed by atoms with van der Waals surface area (Å²) in [6.07, 6.45) is 1.55. The molecular formula is C24H21BrN4O3S. The van der Waals surface area contributed by atoms with E-state index in [9.17, 15) is 4.79 Å². The maximum atomic E-state index is 12.1. The Morgan fingerprint density at radius 1 is 1.18 bits per heavy atom. The number of thioether (sulfide) groups is 1. The second-order valence-electron chi connectivity index (χ2n) is 6.95. The van der Waals surface area contributed by atoms with Gasteiger partial charge in [0.25, 0.3) is 5.91 Å². The first-order valence-corrected chi connectivity index (χ1v) is 11.8. The van der Waals surface area contributed by atoms with Crippen molar-refractivity contribution in [2.75, 3.05) is 12.9 Å². The van der Waals surface area contributed by atoms with Gasteiger partial charge in [0.2, 0.25) is 0 Å². The van der Waals surface area contributed by atoms with Crippen LogP contribution in [0, 0.1) is 0 Å². The molecule has 0 bridgehead atoms. The molecule has 0 aliphatic heterocycles. The van der Waals surface area contributed by atoms with E-state index in [-0.39, 0.29) is 11.7 Å². The summed E-state index contributed by atoms with van der Waals surface area (Å²) in [6.45, 7) is 0.419. The van der Waals surface area contributed by atoms with E-state index in [1.54, 1.807) is 19.4 Å². The molecule has 4 aromatic rings. The van der Waals surface area contributed by atoms with Crippen molar-refractivity contribution in [1.29, 1.82) is 0 Å². The minimum atomic E-state index is -0.231. The lowest BCUT2D eigenvalue weighted by atomic mass is 10.2. The molecule has 33 heavy (non-hydrogen) atoms. The summed E-state index contributed by atoms with van der Waals surface area (Å²) >= 11 is 4.85. The van der Waals surface area contributed by atoms with Crippen molar-refractivity contribution in [2.45, 2.75) is 11.8 Å². The first-order chi connectivity index (χ1) is 16.1. The maximum absolute atomic E-state index is 12.1. The number of H-pyrrole nitrogens is 1. The van der Waals surface area contributed by atoms with Gasteiger partial charge in [-0.25, -0.2) is 10.4 Å². The predicted octanol–water partition coefficient (Wildman–Crippen LogP) is 5.16. The molecule has 168 valence electrons. The van der Waals surface area contributed by atoms with Crippen molar-refractivity contribution < 1.29 is 14.3 Å². The van der Waals surface area contributed by atoms with E-state index in [4.69, 9.17) is 9.47 Å². The van der Waals surface area contributed by atoms with Gasteiger partial charge in [0, 0.05) is 0 Å². The van der Waals surface area contributed by atoms with Crippen LogP contribution in [0.15, 0.2) is 81.5 Å². The summed E-state index contributed by atoms with van der Waals surface area (Å²) in [6, 6.07) is 21.3. The van der Waals surface area contributed by atoms with Crippen LogP contribution in [0.5, 0.6) is 11.5 Å². The Hall–Kier alpha value is -3.30. The molecule has 2 N–H and O–H groups in total. The van der Waals surface area contributed by atoms with Gasteiger partial charge >= 0.3 is 0 Å². The van der Waals surface area contributed by atoms with Crippen LogP contribution in [-0.2, 0) is 11.4 Å². The highest BCUT2D eigenvalue weighted by molar-refractivity contribution is 9.10. The van der Waals surface area contributed by atoms with Gasteiger partial charge in [-0.3, -0.25) is 4.79 Å². The Bertz CT molecular complexity index is 1240. The normalized spacial score (nSPS) is 11.1. The van der Waals surface area contributed by atoms with Crippen molar-refractivity contribution >= 4 is 50.8 Å². The van der Waals surface area contributed by atoms with Crippen molar-refractivity contribution in [3.63, 3.8) is 0 Å². The zero-order chi connectivity index (χ0) is 23.0. The number of nitrogens with one attached hydrogen (secondary N) is 2. The molecule has 1 aromatic heterocycles. The zero-order valence-corrected chi connectivity index (χ0v) is 20.2. The van der Waals surface area contributed by atoms with Crippen LogP contribution in [0.1, 0.15) is 11.1 Å². The second kappa shape index (κ2) is 11.0. The van der Waals surface area contributed by atoms with Gasteiger partial charge in [0.1, 0.15) is 6.61 Å². The Morgan fingerprint density at radius 2 is 1.97 bits per heavy atom. The number of nitrogens with zero attached hydrogens (tertiary/aromatic N) is 2. The first kappa shape index (κ1) is 22.9. The number of hydrogen-bond donors (Lipinski definition) is 2. The number of aromatic amines is 1. The number of fused-ring (bicyclic) bond motifs is 1. The lowest BCUT2D eigenvalue weighted by molar-refractivity contribution is -0.118. The molecule has 0 spiro atoms. The predicted molar refractivity (Wildman–Crippen MR) is 134 cm³/mol. The highest BCUT2D eigenvalue weighted by Gasteiger charge is 2.12. The Labute approximate surface area is 203 Å². The molecule has 0 saturated carbocycles. The minimum Gasteiger partial charge on any atom is -0.493 e.